The monoisotopic (exact) mass is 468 g/mol. The topological polar surface area (TPSA) is 67.7 Å². The Morgan fingerprint density at radius 2 is 1.60 bits per heavy atom. The number of carbonyl (C=O) groups excluding carboxylic acids is 1. The van der Waals surface area contributed by atoms with Crippen LogP contribution >= 0.6 is 0 Å². The Morgan fingerprint density at radius 1 is 0.914 bits per heavy atom. The van der Waals surface area contributed by atoms with Gasteiger partial charge < -0.3 is 19.1 Å². The fourth-order valence-corrected chi connectivity index (χ4v) is 4.56. The lowest BCUT2D eigenvalue weighted by molar-refractivity contribution is 0.0747. The average Bonchev–Trinajstić information content (AvgIpc) is 2.91. The molecule has 1 amide bonds. The number of para-hydroxylation sites is 2. The molecule has 5 rings (SSSR count). The number of aryl methyl sites for hydroxylation is 1. The highest BCUT2D eigenvalue weighted by molar-refractivity contribution is 5.94. The van der Waals surface area contributed by atoms with Crippen molar-refractivity contribution in [2.24, 2.45) is 0 Å². The van der Waals surface area contributed by atoms with Crippen LogP contribution in [0.25, 0.3) is 11.0 Å². The molecule has 0 N–H and O–H groups in total. The Bertz CT molecular complexity index is 1400. The van der Waals surface area contributed by atoms with Gasteiger partial charge in [-0.3, -0.25) is 9.59 Å². The van der Waals surface area contributed by atoms with E-state index in [9.17, 15) is 9.59 Å². The second kappa shape index (κ2) is 9.62. The number of nitrogens with zero attached hydrogens (tertiary/aromatic N) is 4. The molecule has 1 saturated heterocycles. The number of rotatable bonds is 5. The largest absolute Gasteiger partial charge is 0.497 e. The molecule has 0 radical (unpaired) electrons. The van der Waals surface area contributed by atoms with Gasteiger partial charge >= 0.3 is 0 Å². The van der Waals surface area contributed by atoms with Crippen LogP contribution in [0.1, 0.15) is 21.6 Å². The number of piperazine rings is 1. The lowest BCUT2D eigenvalue weighted by Crippen LogP contribution is -2.48. The zero-order valence-electron chi connectivity index (χ0n) is 20.0. The minimum atomic E-state index is -0.0985. The van der Waals surface area contributed by atoms with Crippen molar-refractivity contribution >= 4 is 22.6 Å². The molecule has 0 unspecified atom stereocenters. The van der Waals surface area contributed by atoms with Gasteiger partial charge in [-0.15, -0.1) is 0 Å². The SMILES string of the molecule is COc1ccc(N2CCN(C(=O)c3ccc(Cn4c(=O)c(C)nc5ccccc54)cc3)CC2)cc1. The normalized spacial score (nSPS) is 13.8. The summed E-state index contributed by atoms with van der Waals surface area (Å²) in [6, 6.07) is 23.2. The molecule has 1 aliphatic heterocycles. The second-order valence-electron chi connectivity index (χ2n) is 8.75. The summed E-state index contributed by atoms with van der Waals surface area (Å²) in [6.45, 7) is 5.08. The first-order chi connectivity index (χ1) is 17.0. The van der Waals surface area contributed by atoms with Crippen molar-refractivity contribution in [2.45, 2.75) is 13.5 Å². The Hall–Kier alpha value is -4.13. The predicted octanol–water partition coefficient (Wildman–Crippen LogP) is 3.72. The molecule has 4 aromatic rings. The number of carbonyl (C=O) groups is 1. The quantitative estimate of drug-likeness (QED) is 0.447. The number of fused-ring (bicyclic) bond motifs is 1. The van der Waals surface area contributed by atoms with Gasteiger partial charge in [-0.1, -0.05) is 24.3 Å². The fourth-order valence-electron chi connectivity index (χ4n) is 4.56. The fraction of sp³-hybridized carbons (Fsp3) is 0.250. The predicted molar refractivity (Wildman–Crippen MR) is 137 cm³/mol. The molecule has 1 fully saturated rings. The number of hydrogen-bond acceptors (Lipinski definition) is 5. The molecule has 0 atom stereocenters. The van der Waals surface area contributed by atoms with Crippen LogP contribution in [0.5, 0.6) is 5.75 Å². The molecular weight excluding hydrogens is 440 g/mol. The van der Waals surface area contributed by atoms with Crippen LogP contribution < -0.4 is 15.2 Å². The van der Waals surface area contributed by atoms with Gasteiger partial charge in [0.1, 0.15) is 11.4 Å². The molecule has 0 bridgehead atoms. The van der Waals surface area contributed by atoms with Crippen molar-refractivity contribution in [1.29, 1.82) is 0 Å². The summed E-state index contributed by atoms with van der Waals surface area (Å²) in [5.74, 6) is 0.872. The summed E-state index contributed by atoms with van der Waals surface area (Å²) in [6.07, 6.45) is 0. The molecule has 1 aromatic heterocycles. The van der Waals surface area contributed by atoms with Gasteiger partial charge in [0.25, 0.3) is 11.5 Å². The smallest absolute Gasteiger partial charge is 0.272 e. The summed E-state index contributed by atoms with van der Waals surface area (Å²) in [5, 5.41) is 0. The van der Waals surface area contributed by atoms with E-state index in [-0.39, 0.29) is 11.5 Å². The van der Waals surface area contributed by atoms with E-state index in [1.807, 2.05) is 77.7 Å². The first-order valence-electron chi connectivity index (χ1n) is 11.8. The number of hydrogen-bond donors (Lipinski definition) is 0. The van der Waals surface area contributed by atoms with E-state index in [1.165, 1.54) is 0 Å². The Kier molecular flexibility index (Phi) is 6.23. The second-order valence-corrected chi connectivity index (χ2v) is 8.75. The van der Waals surface area contributed by atoms with Crippen LogP contribution in [0.15, 0.2) is 77.6 Å². The van der Waals surface area contributed by atoms with E-state index in [2.05, 4.69) is 9.88 Å². The van der Waals surface area contributed by atoms with Gasteiger partial charge in [-0.05, 0) is 61.0 Å². The van der Waals surface area contributed by atoms with Gasteiger partial charge in [0.2, 0.25) is 0 Å². The van der Waals surface area contributed by atoms with Crippen molar-refractivity contribution in [1.82, 2.24) is 14.5 Å². The van der Waals surface area contributed by atoms with Crippen molar-refractivity contribution in [3.8, 4) is 5.75 Å². The van der Waals surface area contributed by atoms with Gasteiger partial charge in [0.15, 0.2) is 0 Å². The van der Waals surface area contributed by atoms with Crippen molar-refractivity contribution in [2.75, 3.05) is 38.2 Å². The van der Waals surface area contributed by atoms with Crippen LogP contribution in [-0.2, 0) is 6.54 Å². The van der Waals surface area contributed by atoms with Crippen LogP contribution in [0.2, 0.25) is 0 Å². The van der Waals surface area contributed by atoms with E-state index in [4.69, 9.17) is 4.74 Å². The molecule has 35 heavy (non-hydrogen) atoms. The third-order valence-corrected chi connectivity index (χ3v) is 6.56. The summed E-state index contributed by atoms with van der Waals surface area (Å²) in [5.41, 5.74) is 4.74. The number of amides is 1. The van der Waals surface area contributed by atoms with Crippen LogP contribution in [0.3, 0.4) is 0 Å². The lowest BCUT2D eigenvalue weighted by Gasteiger charge is -2.36. The summed E-state index contributed by atoms with van der Waals surface area (Å²) in [7, 11) is 1.66. The van der Waals surface area contributed by atoms with E-state index >= 15 is 0 Å². The summed E-state index contributed by atoms with van der Waals surface area (Å²) < 4.78 is 6.98. The van der Waals surface area contributed by atoms with Gasteiger partial charge in [0.05, 0.1) is 24.7 Å². The highest BCUT2D eigenvalue weighted by Crippen LogP contribution is 2.21. The van der Waals surface area contributed by atoms with Crippen LogP contribution in [-0.4, -0.2) is 53.6 Å². The minimum Gasteiger partial charge on any atom is -0.497 e. The molecule has 0 aliphatic carbocycles. The van der Waals surface area contributed by atoms with Crippen molar-refractivity contribution in [3.05, 3.63) is 100.0 Å². The van der Waals surface area contributed by atoms with E-state index in [0.29, 0.717) is 30.9 Å². The Balaban J connectivity index is 1.26. The number of aromatic nitrogens is 2. The van der Waals surface area contributed by atoms with Crippen LogP contribution in [0.4, 0.5) is 5.69 Å². The first kappa shape index (κ1) is 22.7. The minimum absolute atomic E-state index is 0.0355. The molecule has 178 valence electrons. The first-order valence-corrected chi connectivity index (χ1v) is 11.8. The Morgan fingerprint density at radius 3 is 2.29 bits per heavy atom. The maximum absolute atomic E-state index is 13.1. The zero-order chi connectivity index (χ0) is 24.4. The van der Waals surface area contributed by atoms with Crippen molar-refractivity contribution in [3.63, 3.8) is 0 Å². The molecule has 2 heterocycles. The van der Waals surface area contributed by atoms with Gasteiger partial charge in [0, 0.05) is 37.4 Å². The molecule has 7 nitrogen and oxygen atoms in total. The molecule has 3 aromatic carbocycles. The molecule has 1 aliphatic rings. The number of benzene rings is 3. The van der Waals surface area contributed by atoms with Crippen molar-refractivity contribution < 1.29 is 9.53 Å². The maximum Gasteiger partial charge on any atom is 0.272 e. The number of anilines is 1. The van der Waals surface area contributed by atoms with E-state index < -0.39 is 0 Å². The summed E-state index contributed by atoms with van der Waals surface area (Å²) >= 11 is 0. The number of ether oxygens (including phenoxy) is 1. The number of methoxy groups -OCH3 is 1. The van der Waals surface area contributed by atoms with E-state index in [0.717, 1.165) is 41.1 Å². The highest BCUT2D eigenvalue weighted by atomic mass is 16.5. The molecule has 0 spiro atoms. The van der Waals surface area contributed by atoms with Gasteiger partial charge in [-0.25, -0.2) is 4.98 Å². The Labute approximate surface area is 204 Å². The third-order valence-electron chi connectivity index (χ3n) is 6.56. The highest BCUT2D eigenvalue weighted by Gasteiger charge is 2.22. The standard InChI is InChI=1S/C28H28N4O3/c1-20-27(33)32(26-6-4-3-5-25(26)29-20)19-21-7-9-22(10-8-21)28(34)31-17-15-30(16-18-31)23-11-13-24(35-2)14-12-23/h3-14H,15-19H2,1-2H3. The third kappa shape index (κ3) is 4.62. The van der Waals surface area contributed by atoms with E-state index in [1.54, 1.807) is 18.6 Å². The molecule has 7 heteroatoms. The molecular formula is C28H28N4O3. The van der Waals surface area contributed by atoms with Crippen LogP contribution in [0, 0.1) is 6.92 Å². The maximum atomic E-state index is 13.1. The zero-order valence-corrected chi connectivity index (χ0v) is 20.0. The lowest BCUT2D eigenvalue weighted by atomic mass is 10.1. The van der Waals surface area contributed by atoms with Gasteiger partial charge in [-0.2, -0.15) is 0 Å². The summed E-state index contributed by atoms with van der Waals surface area (Å²) in [4.78, 5) is 34.4. The average molecular weight is 469 g/mol. The molecule has 0 saturated carbocycles.